The first-order valence-electron chi connectivity index (χ1n) is 21.3. The van der Waals surface area contributed by atoms with E-state index in [0.717, 1.165) is 106 Å². The first kappa shape index (κ1) is 37.4. The molecule has 4 aliphatic heterocycles. The van der Waals surface area contributed by atoms with Crippen molar-refractivity contribution < 1.29 is 14.4 Å². The molecule has 0 bridgehead atoms. The van der Waals surface area contributed by atoms with E-state index in [-0.39, 0.29) is 24.1 Å². The van der Waals surface area contributed by atoms with Gasteiger partial charge in [-0.15, -0.1) is 0 Å². The summed E-state index contributed by atoms with van der Waals surface area (Å²) in [5.41, 5.74) is 7.67. The number of likely N-dealkylation sites (tertiary alicyclic amines) is 1. The van der Waals surface area contributed by atoms with Crippen LogP contribution in [0.1, 0.15) is 78.9 Å². The Morgan fingerprint density at radius 3 is 2.27 bits per heavy atom. The fourth-order valence-corrected chi connectivity index (χ4v) is 9.86. The van der Waals surface area contributed by atoms with Gasteiger partial charge in [-0.25, -0.2) is 9.97 Å². The molecular weight excluding hydrogens is 743 g/mol. The van der Waals surface area contributed by atoms with Crippen molar-refractivity contribution in [1.82, 2.24) is 39.5 Å². The molecule has 1 unspecified atom stereocenters. The number of carbonyl (C=O) groups excluding carboxylic acids is 3. The van der Waals surface area contributed by atoms with Crippen molar-refractivity contribution in [2.24, 2.45) is 0 Å². The number of anilines is 5. The van der Waals surface area contributed by atoms with Crippen molar-refractivity contribution in [1.29, 1.82) is 0 Å². The molecule has 5 aliphatic rings. The summed E-state index contributed by atoms with van der Waals surface area (Å²) >= 11 is 0. The van der Waals surface area contributed by atoms with Crippen LogP contribution in [0.5, 0.6) is 0 Å². The largest absolute Gasteiger partial charge is 0.369 e. The number of piperazine rings is 1. The Balaban J connectivity index is 0.709. The number of hydrogen-bond donors (Lipinski definition) is 3. The predicted molar refractivity (Wildman–Crippen MR) is 227 cm³/mol. The van der Waals surface area contributed by atoms with Crippen molar-refractivity contribution in [3.8, 4) is 0 Å². The van der Waals surface area contributed by atoms with Gasteiger partial charge in [-0.1, -0.05) is 43.2 Å². The zero-order chi connectivity index (χ0) is 39.9. The van der Waals surface area contributed by atoms with Gasteiger partial charge in [-0.05, 0) is 98.8 Å². The highest BCUT2D eigenvalue weighted by atomic mass is 16.2. The van der Waals surface area contributed by atoms with Gasteiger partial charge in [0, 0.05) is 80.4 Å². The standard InChI is InChI=1S/C45H51N11O3/c57-40-17-16-39(42(58)50-40)55-29-31-26-30(10-15-37(31)43(55)59)28-52-20-18-35(19-21-52)54-24-22-53(23-25-54)34-13-11-33(12-14-34)47-44-46-27-38-41(51-44)56(36-8-4-5-9-36)45(49-38)48-32-6-2-1-3-7-32/h1-3,6-7,10-15,26-27,35-36,39H,4-5,8-9,16-25,28-29H2,(H,48,49)(H,46,47,51)(H,50,57,58). The molecule has 1 aliphatic carbocycles. The number of fused-ring (bicyclic) bond motifs is 2. The Morgan fingerprint density at radius 2 is 1.51 bits per heavy atom. The first-order valence-corrected chi connectivity index (χ1v) is 21.3. The summed E-state index contributed by atoms with van der Waals surface area (Å²) in [4.78, 5) is 61.1. The molecule has 3 aromatic carbocycles. The zero-order valence-electron chi connectivity index (χ0n) is 33.4. The molecule has 6 heterocycles. The van der Waals surface area contributed by atoms with Crippen molar-refractivity contribution in [3.05, 3.63) is 95.7 Å². The van der Waals surface area contributed by atoms with Gasteiger partial charge in [0.25, 0.3) is 5.91 Å². The van der Waals surface area contributed by atoms with Crippen molar-refractivity contribution in [3.63, 3.8) is 0 Å². The number of nitrogens with zero attached hydrogens (tertiary/aromatic N) is 8. The minimum absolute atomic E-state index is 0.120. The number of benzene rings is 3. The third-order valence-electron chi connectivity index (χ3n) is 13.0. The van der Waals surface area contributed by atoms with E-state index in [9.17, 15) is 14.4 Å². The fraction of sp³-hybridized carbons (Fsp3) is 0.422. The minimum atomic E-state index is -0.584. The quantitative estimate of drug-likeness (QED) is 0.144. The number of carbonyl (C=O) groups is 3. The summed E-state index contributed by atoms with van der Waals surface area (Å²) in [6.45, 7) is 7.46. The average Bonchev–Trinajstić information content (AvgIpc) is 3.99. The molecule has 1 saturated carbocycles. The molecule has 0 spiro atoms. The maximum absolute atomic E-state index is 13.1. The monoisotopic (exact) mass is 793 g/mol. The van der Waals surface area contributed by atoms with Gasteiger partial charge in [0.15, 0.2) is 5.65 Å². The second-order valence-corrected chi connectivity index (χ2v) is 16.7. The highest BCUT2D eigenvalue weighted by molar-refractivity contribution is 6.05. The van der Waals surface area contributed by atoms with E-state index in [1.807, 2.05) is 30.5 Å². The van der Waals surface area contributed by atoms with Crippen LogP contribution in [0, 0.1) is 0 Å². The number of aromatic nitrogens is 4. The Kier molecular flexibility index (Phi) is 10.2. The van der Waals surface area contributed by atoms with E-state index in [1.165, 1.54) is 24.1 Å². The van der Waals surface area contributed by atoms with Crippen LogP contribution in [0.3, 0.4) is 0 Å². The molecule has 0 radical (unpaired) electrons. The van der Waals surface area contributed by atoms with Gasteiger partial charge < -0.3 is 20.4 Å². The third-order valence-corrected chi connectivity index (χ3v) is 13.0. The van der Waals surface area contributed by atoms with E-state index >= 15 is 0 Å². The number of hydrogen-bond acceptors (Lipinski definition) is 11. The van der Waals surface area contributed by atoms with Gasteiger partial charge in [-0.3, -0.25) is 34.1 Å². The molecule has 1 atom stereocenters. The summed E-state index contributed by atoms with van der Waals surface area (Å²) in [5, 5.41) is 9.36. The molecule has 304 valence electrons. The van der Waals surface area contributed by atoms with Gasteiger partial charge in [0.05, 0.1) is 6.20 Å². The topological polar surface area (TPSA) is 144 Å². The molecular formula is C45H51N11O3. The maximum Gasteiger partial charge on any atom is 0.255 e. The first-order chi connectivity index (χ1) is 28.9. The molecule has 5 aromatic rings. The van der Waals surface area contributed by atoms with E-state index < -0.39 is 6.04 Å². The average molecular weight is 794 g/mol. The van der Waals surface area contributed by atoms with Crippen LogP contribution < -0.4 is 20.9 Å². The SMILES string of the molecule is O=C1CCC(N2Cc3cc(CN4CCC(N5CCN(c6ccc(Nc7ncc8nc(Nc9ccccc9)n(C9CCCC9)c8n7)cc6)CC5)CC4)ccc3C2=O)C(=O)N1. The Bertz CT molecular complexity index is 2340. The zero-order valence-corrected chi connectivity index (χ0v) is 33.4. The second-order valence-electron chi connectivity index (χ2n) is 16.7. The summed E-state index contributed by atoms with van der Waals surface area (Å²) < 4.78 is 2.27. The molecule has 4 fully saturated rings. The molecule has 3 amide bonds. The number of piperidine rings is 2. The van der Waals surface area contributed by atoms with Crippen LogP contribution in [-0.2, 0) is 22.7 Å². The van der Waals surface area contributed by atoms with Crippen LogP contribution in [-0.4, -0.2) is 103 Å². The number of imide groups is 1. The van der Waals surface area contributed by atoms with Gasteiger partial charge in [0.1, 0.15) is 11.6 Å². The molecule has 3 N–H and O–H groups in total. The molecule has 14 nitrogen and oxygen atoms in total. The van der Waals surface area contributed by atoms with Gasteiger partial charge in [0.2, 0.25) is 23.7 Å². The van der Waals surface area contributed by atoms with Crippen LogP contribution in [0.2, 0.25) is 0 Å². The number of para-hydroxylation sites is 1. The second kappa shape index (κ2) is 16.1. The third kappa shape index (κ3) is 7.74. The summed E-state index contributed by atoms with van der Waals surface area (Å²) in [7, 11) is 0. The smallest absolute Gasteiger partial charge is 0.255 e. The van der Waals surface area contributed by atoms with E-state index in [2.05, 4.69) is 88.7 Å². The molecule has 59 heavy (non-hydrogen) atoms. The highest BCUT2D eigenvalue weighted by Gasteiger charge is 2.39. The minimum Gasteiger partial charge on any atom is -0.369 e. The number of amides is 3. The fourth-order valence-electron chi connectivity index (χ4n) is 9.86. The summed E-state index contributed by atoms with van der Waals surface area (Å²) in [6, 6.07) is 25.3. The summed E-state index contributed by atoms with van der Waals surface area (Å²) in [6.07, 6.45) is 9.43. The van der Waals surface area contributed by atoms with Crippen LogP contribution in [0.25, 0.3) is 11.2 Å². The van der Waals surface area contributed by atoms with Gasteiger partial charge in [-0.2, -0.15) is 4.98 Å². The Hall–Kier alpha value is -5.86. The molecule has 14 heteroatoms. The lowest BCUT2D eigenvalue weighted by atomic mass is 10.0. The molecule has 3 saturated heterocycles. The van der Waals surface area contributed by atoms with E-state index in [4.69, 9.17) is 9.97 Å². The molecule has 10 rings (SSSR count). The Morgan fingerprint density at radius 1 is 0.746 bits per heavy atom. The lowest BCUT2D eigenvalue weighted by molar-refractivity contribution is -0.136. The van der Waals surface area contributed by atoms with Crippen LogP contribution >= 0.6 is 0 Å². The van der Waals surface area contributed by atoms with Crippen molar-refractivity contribution in [2.75, 3.05) is 54.8 Å². The van der Waals surface area contributed by atoms with Crippen LogP contribution in [0.15, 0.2) is 79.0 Å². The maximum atomic E-state index is 13.1. The Labute approximate surface area is 344 Å². The predicted octanol–water partition coefficient (Wildman–Crippen LogP) is 5.98. The highest BCUT2D eigenvalue weighted by Crippen LogP contribution is 2.36. The number of nitrogens with one attached hydrogen (secondary N) is 3. The van der Waals surface area contributed by atoms with E-state index in [0.29, 0.717) is 36.6 Å². The number of imidazole rings is 1. The lowest BCUT2D eigenvalue weighted by Crippen LogP contribution is -2.53. The normalized spacial score (nSPS) is 21.0. The number of rotatable bonds is 10. The van der Waals surface area contributed by atoms with E-state index in [1.54, 1.807) is 4.90 Å². The molecule has 2 aromatic heterocycles. The van der Waals surface area contributed by atoms with Gasteiger partial charge >= 0.3 is 0 Å². The lowest BCUT2D eigenvalue weighted by Gasteiger charge is -2.43. The van der Waals surface area contributed by atoms with Crippen LogP contribution in [0.4, 0.5) is 29.0 Å². The summed E-state index contributed by atoms with van der Waals surface area (Å²) in [5.74, 6) is 0.624. The van der Waals surface area contributed by atoms with Crippen molar-refractivity contribution in [2.45, 2.75) is 82.6 Å². The van der Waals surface area contributed by atoms with Crippen molar-refractivity contribution >= 4 is 57.8 Å².